The van der Waals surface area contributed by atoms with Gasteiger partial charge in [-0.15, -0.1) is 0 Å². The van der Waals surface area contributed by atoms with E-state index in [1.54, 1.807) is 31.5 Å². The number of carbonyl (C=O) groups excluding carboxylic acids is 2. The number of benzene rings is 2. The summed E-state index contributed by atoms with van der Waals surface area (Å²) in [4.78, 5) is 28.1. The number of aromatic nitrogens is 1. The second-order valence-electron chi connectivity index (χ2n) is 6.98. The lowest BCUT2D eigenvalue weighted by atomic mass is 9.97. The van der Waals surface area contributed by atoms with Crippen LogP contribution in [0.3, 0.4) is 0 Å². The number of carbonyl (C=O) groups is 2. The van der Waals surface area contributed by atoms with Crippen LogP contribution in [0.4, 0.5) is 5.69 Å². The standard InChI is InChI=1S/C25H24N2O3/c1-6-21-23(26-4)22(24(27(21)5)25(29)30-7-2)18-13-11-17(12-14-18)20-10-8-9-19(15-20)16(3)28/h8-15H,6-7H2,1-3,5H3. The molecule has 5 heteroatoms. The van der Waals surface area contributed by atoms with Gasteiger partial charge in [0.1, 0.15) is 5.69 Å². The molecule has 0 aliphatic rings. The predicted molar refractivity (Wildman–Crippen MR) is 118 cm³/mol. The highest BCUT2D eigenvalue weighted by molar-refractivity contribution is 6.02. The van der Waals surface area contributed by atoms with Gasteiger partial charge in [-0.2, -0.15) is 0 Å². The lowest BCUT2D eigenvalue weighted by Crippen LogP contribution is -2.12. The molecule has 0 atom stereocenters. The summed E-state index contributed by atoms with van der Waals surface area (Å²) in [6.45, 7) is 13.2. The number of Topliss-reactive ketones (excluding diaryl/α,β-unsaturated/α-hetero) is 1. The largest absolute Gasteiger partial charge is 0.461 e. The second-order valence-corrected chi connectivity index (χ2v) is 6.98. The topological polar surface area (TPSA) is 52.7 Å². The molecule has 0 spiro atoms. The highest BCUT2D eigenvalue weighted by Gasteiger charge is 2.26. The highest BCUT2D eigenvalue weighted by atomic mass is 16.5. The Morgan fingerprint density at radius 1 is 1.03 bits per heavy atom. The molecule has 3 rings (SSSR count). The molecule has 1 aromatic heterocycles. The first-order chi connectivity index (χ1) is 14.4. The van der Waals surface area contributed by atoms with Crippen molar-refractivity contribution in [1.29, 1.82) is 0 Å². The van der Waals surface area contributed by atoms with Gasteiger partial charge in [0.2, 0.25) is 5.69 Å². The van der Waals surface area contributed by atoms with E-state index in [1.807, 2.05) is 49.4 Å². The molecule has 152 valence electrons. The summed E-state index contributed by atoms with van der Waals surface area (Å²) in [5.41, 5.74) is 5.62. The fourth-order valence-corrected chi connectivity index (χ4v) is 3.70. The van der Waals surface area contributed by atoms with E-state index >= 15 is 0 Å². The average Bonchev–Trinajstić information content (AvgIpc) is 3.05. The molecular weight excluding hydrogens is 376 g/mol. The van der Waals surface area contributed by atoms with Crippen LogP contribution >= 0.6 is 0 Å². The SMILES string of the molecule is [C-]#[N+]c1c(-c2ccc(-c3cccc(C(C)=O)c3)cc2)c(C(=O)OCC)n(C)c1CC. The van der Waals surface area contributed by atoms with Crippen LogP contribution in [0.2, 0.25) is 0 Å². The normalized spacial score (nSPS) is 10.5. The molecule has 30 heavy (non-hydrogen) atoms. The maximum Gasteiger partial charge on any atom is 0.354 e. The lowest BCUT2D eigenvalue weighted by molar-refractivity contribution is 0.0516. The van der Waals surface area contributed by atoms with Gasteiger partial charge in [-0.3, -0.25) is 4.79 Å². The lowest BCUT2D eigenvalue weighted by Gasteiger charge is -2.10. The third kappa shape index (κ3) is 3.77. The molecule has 1 heterocycles. The Labute approximate surface area is 176 Å². The molecule has 5 nitrogen and oxygen atoms in total. The first kappa shape index (κ1) is 21.1. The summed E-state index contributed by atoms with van der Waals surface area (Å²) in [5.74, 6) is -0.413. The van der Waals surface area contributed by atoms with Crippen molar-refractivity contribution in [3.05, 3.63) is 76.9 Å². The Kier molecular flexibility index (Phi) is 6.17. The third-order valence-corrected chi connectivity index (χ3v) is 5.18. The maximum atomic E-state index is 12.7. The van der Waals surface area contributed by atoms with Crippen molar-refractivity contribution in [3.63, 3.8) is 0 Å². The minimum absolute atomic E-state index is 0.0191. The highest BCUT2D eigenvalue weighted by Crippen LogP contribution is 2.40. The van der Waals surface area contributed by atoms with Crippen LogP contribution in [0.1, 0.15) is 47.3 Å². The number of nitrogens with zero attached hydrogens (tertiary/aromatic N) is 2. The van der Waals surface area contributed by atoms with Gasteiger partial charge < -0.3 is 9.30 Å². The number of ketones is 1. The van der Waals surface area contributed by atoms with E-state index in [2.05, 4.69) is 4.85 Å². The van der Waals surface area contributed by atoms with E-state index in [9.17, 15) is 9.59 Å². The van der Waals surface area contributed by atoms with Crippen molar-refractivity contribution in [3.8, 4) is 22.3 Å². The smallest absolute Gasteiger partial charge is 0.354 e. The van der Waals surface area contributed by atoms with Gasteiger partial charge in [-0.25, -0.2) is 9.64 Å². The molecule has 3 aromatic rings. The second kappa shape index (κ2) is 8.79. The molecule has 2 aromatic carbocycles. The van der Waals surface area contributed by atoms with E-state index in [-0.39, 0.29) is 12.4 Å². The first-order valence-corrected chi connectivity index (χ1v) is 9.90. The van der Waals surface area contributed by atoms with Crippen LogP contribution in [0.15, 0.2) is 48.5 Å². The van der Waals surface area contributed by atoms with Crippen molar-refractivity contribution in [2.24, 2.45) is 7.05 Å². The van der Waals surface area contributed by atoms with Gasteiger partial charge in [0.25, 0.3) is 0 Å². The Balaban J connectivity index is 2.13. The average molecular weight is 400 g/mol. The Morgan fingerprint density at radius 2 is 1.70 bits per heavy atom. The van der Waals surface area contributed by atoms with Crippen LogP contribution in [-0.2, 0) is 18.2 Å². The Hall–Kier alpha value is -3.65. The molecule has 0 saturated carbocycles. The zero-order chi connectivity index (χ0) is 21.8. The summed E-state index contributed by atoms with van der Waals surface area (Å²) in [7, 11) is 1.80. The van der Waals surface area contributed by atoms with Crippen molar-refractivity contribution >= 4 is 17.4 Å². The van der Waals surface area contributed by atoms with E-state index < -0.39 is 5.97 Å². The van der Waals surface area contributed by atoms with Gasteiger partial charge in [0.05, 0.1) is 13.2 Å². The van der Waals surface area contributed by atoms with Crippen molar-refractivity contribution in [1.82, 2.24) is 4.57 Å². The number of ether oxygens (including phenoxy) is 1. The Morgan fingerprint density at radius 3 is 2.27 bits per heavy atom. The van der Waals surface area contributed by atoms with Gasteiger partial charge in [-0.1, -0.05) is 49.4 Å². The Bertz CT molecular complexity index is 1150. The van der Waals surface area contributed by atoms with Crippen molar-refractivity contribution in [2.75, 3.05) is 6.61 Å². The van der Waals surface area contributed by atoms with Gasteiger partial charge in [-0.05, 0) is 43.0 Å². The zero-order valence-electron chi connectivity index (χ0n) is 17.7. The van der Waals surface area contributed by atoms with Crippen LogP contribution in [0.5, 0.6) is 0 Å². The summed E-state index contributed by atoms with van der Waals surface area (Å²) in [6, 6.07) is 15.2. The fraction of sp³-hybridized carbons (Fsp3) is 0.240. The van der Waals surface area contributed by atoms with E-state index in [4.69, 9.17) is 11.3 Å². The van der Waals surface area contributed by atoms with Gasteiger partial charge in [0.15, 0.2) is 5.78 Å². The van der Waals surface area contributed by atoms with Crippen molar-refractivity contribution < 1.29 is 14.3 Å². The predicted octanol–water partition coefficient (Wildman–Crippen LogP) is 5.85. The quantitative estimate of drug-likeness (QED) is 0.296. The third-order valence-electron chi connectivity index (χ3n) is 5.18. The minimum Gasteiger partial charge on any atom is -0.461 e. The van der Waals surface area contributed by atoms with Gasteiger partial charge >= 0.3 is 5.97 Å². The molecule has 0 saturated heterocycles. The summed E-state index contributed by atoms with van der Waals surface area (Å²) in [6.07, 6.45) is 0.635. The van der Waals surface area contributed by atoms with Crippen molar-refractivity contribution in [2.45, 2.75) is 27.2 Å². The molecule has 0 N–H and O–H groups in total. The molecule has 0 amide bonds. The number of esters is 1. The first-order valence-electron chi connectivity index (χ1n) is 9.90. The molecule has 0 unspecified atom stereocenters. The maximum absolute atomic E-state index is 12.7. The van der Waals surface area contributed by atoms with Gasteiger partial charge in [0, 0.05) is 23.9 Å². The molecule has 0 aliphatic carbocycles. The van der Waals surface area contributed by atoms with E-state index in [1.165, 1.54) is 0 Å². The van der Waals surface area contributed by atoms with E-state index in [0.29, 0.717) is 28.9 Å². The monoisotopic (exact) mass is 400 g/mol. The molecule has 0 bridgehead atoms. The minimum atomic E-state index is -0.433. The molecule has 0 radical (unpaired) electrons. The zero-order valence-corrected chi connectivity index (χ0v) is 17.7. The van der Waals surface area contributed by atoms with Crippen LogP contribution < -0.4 is 0 Å². The van der Waals surface area contributed by atoms with Crippen LogP contribution in [-0.4, -0.2) is 22.9 Å². The number of hydrogen-bond acceptors (Lipinski definition) is 3. The summed E-state index contributed by atoms with van der Waals surface area (Å²) < 4.78 is 7.03. The fourth-order valence-electron chi connectivity index (χ4n) is 3.70. The van der Waals surface area contributed by atoms with Crippen LogP contribution in [0.25, 0.3) is 27.1 Å². The number of hydrogen-bond donors (Lipinski definition) is 0. The number of rotatable bonds is 6. The van der Waals surface area contributed by atoms with E-state index in [0.717, 1.165) is 22.4 Å². The van der Waals surface area contributed by atoms with Crippen LogP contribution in [0, 0.1) is 6.57 Å². The molecule has 0 fully saturated rings. The molecular formula is C25H24N2O3. The summed E-state index contributed by atoms with van der Waals surface area (Å²) in [5, 5.41) is 0. The molecule has 0 aliphatic heterocycles. The summed E-state index contributed by atoms with van der Waals surface area (Å²) >= 11 is 0.